The molecule has 0 atom stereocenters. The molecule has 3 N–H and O–H groups in total. The predicted molar refractivity (Wildman–Crippen MR) is 73.4 cm³/mol. The Balaban J connectivity index is 2.06. The average molecular weight is 258 g/mol. The number of fused-ring (bicyclic) bond motifs is 1. The first-order chi connectivity index (χ1) is 9.31. The molecule has 0 fully saturated rings. The maximum atomic E-state index is 5.59. The molecule has 0 aliphatic heterocycles. The third kappa shape index (κ3) is 2.19. The molecule has 2 aromatic rings. The predicted octanol–water partition coefficient (Wildman–Crippen LogP) is 1.52. The van der Waals surface area contributed by atoms with Crippen LogP contribution in [0.15, 0.2) is 12.4 Å². The Labute approximate surface area is 112 Å². The second-order valence-electron chi connectivity index (χ2n) is 4.76. The fourth-order valence-electron chi connectivity index (χ4n) is 2.49. The van der Waals surface area contributed by atoms with Crippen molar-refractivity contribution in [2.24, 2.45) is 5.84 Å². The highest BCUT2D eigenvalue weighted by Crippen LogP contribution is 2.27. The summed E-state index contributed by atoms with van der Waals surface area (Å²) in [6.07, 6.45) is 8.13. The van der Waals surface area contributed by atoms with E-state index in [2.05, 4.69) is 27.4 Å². The SMILES string of the molecule is CCn1cc(-c2nc3c(c(NN)n2)CCCC3)cn1. The van der Waals surface area contributed by atoms with Crippen molar-refractivity contribution in [1.29, 1.82) is 0 Å². The molecule has 6 heteroatoms. The number of nitrogens with zero attached hydrogens (tertiary/aromatic N) is 4. The molecule has 0 spiro atoms. The van der Waals surface area contributed by atoms with Gasteiger partial charge in [-0.05, 0) is 32.6 Å². The van der Waals surface area contributed by atoms with Crippen molar-refractivity contribution >= 4 is 5.82 Å². The van der Waals surface area contributed by atoms with Crippen molar-refractivity contribution in [2.75, 3.05) is 5.43 Å². The van der Waals surface area contributed by atoms with Crippen LogP contribution in [0.1, 0.15) is 31.0 Å². The van der Waals surface area contributed by atoms with Gasteiger partial charge in [-0.2, -0.15) is 5.10 Å². The molecule has 1 aliphatic rings. The Morgan fingerprint density at radius 3 is 2.89 bits per heavy atom. The van der Waals surface area contributed by atoms with Crippen molar-refractivity contribution in [2.45, 2.75) is 39.2 Å². The van der Waals surface area contributed by atoms with Crippen molar-refractivity contribution < 1.29 is 0 Å². The quantitative estimate of drug-likeness (QED) is 0.644. The van der Waals surface area contributed by atoms with Crippen molar-refractivity contribution in [1.82, 2.24) is 19.7 Å². The van der Waals surface area contributed by atoms with E-state index in [0.29, 0.717) is 5.82 Å². The normalized spacial score (nSPS) is 14.2. The smallest absolute Gasteiger partial charge is 0.165 e. The largest absolute Gasteiger partial charge is 0.308 e. The summed E-state index contributed by atoms with van der Waals surface area (Å²) < 4.78 is 1.87. The fourth-order valence-corrected chi connectivity index (χ4v) is 2.49. The minimum Gasteiger partial charge on any atom is -0.308 e. The number of nitrogen functional groups attached to an aromatic ring is 1. The molecule has 2 aromatic heterocycles. The average Bonchev–Trinajstić information content (AvgIpc) is 2.95. The third-order valence-corrected chi connectivity index (χ3v) is 3.54. The lowest BCUT2D eigenvalue weighted by molar-refractivity contribution is 0.659. The number of aromatic nitrogens is 4. The van der Waals surface area contributed by atoms with Crippen LogP contribution in [0.25, 0.3) is 11.4 Å². The van der Waals surface area contributed by atoms with Gasteiger partial charge in [-0.3, -0.25) is 4.68 Å². The van der Waals surface area contributed by atoms with E-state index in [-0.39, 0.29) is 0 Å². The van der Waals surface area contributed by atoms with Gasteiger partial charge < -0.3 is 5.43 Å². The number of aryl methyl sites for hydroxylation is 2. The lowest BCUT2D eigenvalue weighted by atomic mass is 9.96. The standard InChI is InChI=1S/C13H18N6/c1-2-19-8-9(7-15-19)12-16-11-6-4-3-5-10(11)13(17-12)18-14/h7-8H,2-6,14H2,1H3,(H,16,17,18). The second kappa shape index (κ2) is 4.97. The Morgan fingerprint density at radius 2 is 2.16 bits per heavy atom. The summed E-state index contributed by atoms with van der Waals surface area (Å²) in [5, 5.41) is 4.26. The van der Waals surface area contributed by atoms with Gasteiger partial charge in [0, 0.05) is 24.0 Å². The van der Waals surface area contributed by atoms with E-state index in [1.807, 2.05) is 10.9 Å². The number of nitrogens with two attached hydrogens (primary N) is 1. The fraction of sp³-hybridized carbons (Fsp3) is 0.462. The third-order valence-electron chi connectivity index (χ3n) is 3.54. The summed E-state index contributed by atoms with van der Waals surface area (Å²) in [6.45, 7) is 2.89. The van der Waals surface area contributed by atoms with E-state index in [1.165, 1.54) is 18.4 Å². The minimum atomic E-state index is 0.702. The van der Waals surface area contributed by atoms with Crippen LogP contribution < -0.4 is 11.3 Å². The van der Waals surface area contributed by atoms with E-state index in [0.717, 1.165) is 36.5 Å². The van der Waals surface area contributed by atoms with Crippen LogP contribution >= 0.6 is 0 Å². The van der Waals surface area contributed by atoms with Gasteiger partial charge in [0.1, 0.15) is 5.82 Å². The van der Waals surface area contributed by atoms with Gasteiger partial charge in [0.2, 0.25) is 0 Å². The summed E-state index contributed by atoms with van der Waals surface area (Å²) in [5.74, 6) is 7.05. The lowest BCUT2D eigenvalue weighted by Crippen LogP contribution is -2.17. The number of hydrazine groups is 1. The van der Waals surface area contributed by atoms with Crippen molar-refractivity contribution in [3.8, 4) is 11.4 Å². The first-order valence-corrected chi connectivity index (χ1v) is 6.71. The number of hydrogen-bond acceptors (Lipinski definition) is 5. The van der Waals surface area contributed by atoms with Gasteiger partial charge >= 0.3 is 0 Å². The minimum absolute atomic E-state index is 0.702. The summed E-state index contributed by atoms with van der Waals surface area (Å²) in [6, 6.07) is 0. The first kappa shape index (κ1) is 12.1. The van der Waals surface area contributed by atoms with Crippen LogP contribution in [0, 0.1) is 0 Å². The zero-order valence-corrected chi connectivity index (χ0v) is 11.1. The number of rotatable bonds is 3. The highest BCUT2D eigenvalue weighted by Gasteiger charge is 2.18. The van der Waals surface area contributed by atoms with E-state index >= 15 is 0 Å². The molecule has 3 rings (SSSR count). The molecule has 19 heavy (non-hydrogen) atoms. The number of nitrogens with one attached hydrogen (secondary N) is 1. The zero-order valence-electron chi connectivity index (χ0n) is 11.1. The molecule has 2 heterocycles. The van der Waals surface area contributed by atoms with Gasteiger partial charge in [0.05, 0.1) is 11.8 Å². The molecular weight excluding hydrogens is 240 g/mol. The maximum absolute atomic E-state index is 5.59. The van der Waals surface area contributed by atoms with Crippen LogP contribution in [-0.4, -0.2) is 19.7 Å². The van der Waals surface area contributed by atoms with Crippen molar-refractivity contribution in [3.05, 3.63) is 23.7 Å². The summed E-state index contributed by atoms with van der Waals surface area (Å²) in [5.41, 5.74) is 5.93. The van der Waals surface area contributed by atoms with Gasteiger partial charge in [0.25, 0.3) is 0 Å². The summed E-state index contributed by atoms with van der Waals surface area (Å²) >= 11 is 0. The number of anilines is 1. The molecule has 0 aromatic carbocycles. The maximum Gasteiger partial charge on any atom is 0.165 e. The van der Waals surface area contributed by atoms with Crippen LogP contribution in [-0.2, 0) is 19.4 Å². The molecule has 100 valence electrons. The van der Waals surface area contributed by atoms with Crippen molar-refractivity contribution in [3.63, 3.8) is 0 Å². The molecule has 0 amide bonds. The van der Waals surface area contributed by atoms with E-state index < -0.39 is 0 Å². The Morgan fingerprint density at radius 1 is 1.32 bits per heavy atom. The lowest BCUT2D eigenvalue weighted by Gasteiger charge is -2.18. The molecule has 1 aliphatic carbocycles. The molecule has 0 unspecified atom stereocenters. The first-order valence-electron chi connectivity index (χ1n) is 6.71. The Kier molecular flexibility index (Phi) is 3.16. The van der Waals surface area contributed by atoms with Crippen LogP contribution in [0.2, 0.25) is 0 Å². The molecule has 0 saturated carbocycles. The Bertz CT molecular complexity index is 572. The summed E-state index contributed by atoms with van der Waals surface area (Å²) in [4.78, 5) is 9.20. The number of hydrogen-bond donors (Lipinski definition) is 2. The highest BCUT2D eigenvalue weighted by molar-refractivity contribution is 5.58. The van der Waals surface area contributed by atoms with Crippen LogP contribution in [0.4, 0.5) is 5.82 Å². The van der Waals surface area contributed by atoms with Gasteiger partial charge in [0.15, 0.2) is 5.82 Å². The van der Waals surface area contributed by atoms with E-state index in [9.17, 15) is 0 Å². The monoisotopic (exact) mass is 258 g/mol. The van der Waals surface area contributed by atoms with Crippen LogP contribution in [0.5, 0.6) is 0 Å². The van der Waals surface area contributed by atoms with E-state index in [1.54, 1.807) is 6.20 Å². The summed E-state index contributed by atoms with van der Waals surface area (Å²) in [7, 11) is 0. The molecule has 6 nitrogen and oxygen atoms in total. The molecule has 0 radical (unpaired) electrons. The van der Waals surface area contributed by atoms with E-state index in [4.69, 9.17) is 5.84 Å². The second-order valence-corrected chi connectivity index (χ2v) is 4.76. The highest BCUT2D eigenvalue weighted by atomic mass is 15.3. The van der Waals surface area contributed by atoms with Gasteiger partial charge in [-0.25, -0.2) is 15.8 Å². The van der Waals surface area contributed by atoms with Gasteiger partial charge in [-0.1, -0.05) is 0 Å². The zero-order chi connectivity index (χ0) is 13.2. The molecular formula is C13H18N6. The molecule has 0 saturated heterocycles. The topological polar surface area (TPSA) is 81.7 Å². The molecule has 0 bridgehead atoms. The Hall–Kier alpha value is -1.95. The van der Waals surface area contributed by atoms with Gasteiger partial charge in [-0.15, -0.1) is 0 Å². The van der Waals surface area contributed by atoms with Crippen LogP contribution in [0.3, 0.4) is 0 Å².